The molecule has 2 heterocycles. The maximum atomic E-state index is 5.83. The largest absolute Gasteiger partial charge is 0.493 e. The van der Waals surface area contributed by atoms with Crippen molar-refractivity contribution >= 4 is 23.0 Å². The number of hydrogen-bond donors (Lipinski definition) is 1. The zero-order chi connectivity index (χ0) is 20.6. The highest BCUT2D eigenvalue weighted by atomic mass is 32.1. The summed E-state index contributed by atoms with van der Waals surface area (Å²) in [5, 5.41) is 8.10. The van der Waals surface area contributed by atoms with Crippen LogP contribution in [0.4, 0.5) is 5.95 Å². The number of nitrogens with one attached hydrogen (secondary N) is 1. The average Bonchev–Trinajstić information content (AvgIpc) is 3.27. The van der Waals surface area contributed by atoms with Gasteiger partial charge in [-0.2, -0.15) is 31.4 Å². The molecule has 1 N–H and O–H groups in total. The van der Waals surface area contributed by atoms with Gasteiger partial charge in [0.1, 0.15) is 0 Å². The van der Waals surface area contributed by atoms with Crippen LogP contribution in [-0.2, 0) is 6.42 Å². The Bertz CT molecular complexity index is 972. The first-order chi connectivity index (χ1) is 14.1. The highest BCUT2D eigenvalue weighted by Crippen LogP contribution is 2.31. The van der Waals surface area contributed by atoms with E-state index in [0.717, 1.165) is 16.8 Å². The zero-order valence-electron chi connectivity index (χ0n) is 16.8. The Labute approximate surface area is 173 Å². The van der Waals surface area contributed by atoms with Gasteiger partial charge in [-0.3, -0.25) is 0 Å². The first kappa shape index (κ1) is 20.5. The van der Waals surface area contributed by atoms with Crippen LogP contribution in [0.15, 0.2) is 40.1 Å². The van der Waals surface area contributed by atoms with Gasteiger partial charge in [0.2, 0.25) is 5.95 Å². The van der Waals surface area contributed by atoms with Crippen LogP contribution in [0.2, 0.25) is 0 Å². The molecule has 0 bridgehead atoms. The minimum Gasteiger partial charge on any atom is -0.493 e. The van der Waals surface area contributed by atoms with E-state index in [-0.39, 0.29) is 6.01 Å². The van der Waals surface area contributed by atoms with E-state index in [0.29, 0.717) is 36.3 Å². The van der Waals surface area contributed by atoms with Crippen LogP contribution in [0.1, 0.15) is 19.4 Å². The lowest BCUT2D eigenvalue weighted by atomic mass is 10.1. The quantitative estimate of drug-likeness (QED) is 0.418. The molecule has 3 aromatic rings. The number of anilines is 1. The Morgan fingerprint density at radius 3 is 2.66 bits per heavy atom. The number of thiophene rings is 1. The molecule has 0 radical (unpaired) electrons. The van der Waals surface area contributed by atoms with E-state index >= 15 is 0 Å². The fraction of sp³-hybridized carbons (Fsp3) is 0.300. The lowest BCUT2D eigenvalue weighted by Gasteiger charge is -2.13. The monoisotopic (exact) mass is 413 g/mol. The highest BCUT2D eigenvalue weighted by Gasteiger charge is 2.12. The predicted octanol–water partition coefficient (Wildman–Crippen LogP) is 4.05. The molecule has 0 aliphatic carbocycles. The summed E-state index contributed by atoms with van der Waals surface area (Å²) >= 11 is 1.57. The molecular formula is C20H23N5O3S. The number of ether oxygens (including phenoxy) is 3. The first-order valence-corrected chi connectivity index (χ1v) is 9.93. The Balaban J connectivity index is 1.77. The third-order valence-corrected chi connectivity index (χ3v) is 4.54. The molecule has 0 fully saturated rings. The van der Waals surface area contributed by atoms with Crippen LogP contribution in [0, 0.1) is 0 Å². The molecule has 152 valence electrons. The van der Waals surface area contributed by atoms with Crippen LogP contribution in [0.25, 0.3) is 11.4 Å². The summed E-state index contributed by atoms with van der Waals surface area (Å²) < 4.78 is 16.6. The lowest BCUT2D eigenvalue weighted by Crippen LogP contribution is -2.09. The number of nitrogens with zero attached hydrogens (tertiary/aromatic N) is 4. The lowest BCUT2D eigenvalue weighted by molar-refractivity contribution is 0.292. The first-order valence-electron chi connectivity index (χ1n) is 8.99. The zero-order valence-corrected chi connectivity index (χ0v) is 17.6. The van der Waals surface area contributed by atoms with E-state index in [2.05, 4.69) is 25.5 Å². The average molecular weight is 414 g/mol. The second kappa shape index (κ2) is 9.83. The molecule has 0 spiro atoms. The van der Waals surface area contributed by atoms with Crippen molar-refractivity contribution in [1.82, 2.24) is 15.0 Å². The highest BCUT2D eigenvalue weighted by molar-refractivity contribution is 7.08. The predicted molar refractivity (Wildman–Crippen MR) is 114 cm³/mol. The standard InChI is InChI=1S/C20H23N5O3S/c1-13(2)24-25-19-21-18(15-9-11-29-12-15)22-20(23-19)28-10-8-14-6-5-7-16(26-3)17(14)27-4/h5-7,9,11-12H,8,10H2,1-4H3,(H,21,22,23,25). The molecule has 0 saturated carbocycles. The summed E-state index contributed by atoms with van der Waals surface area (Å²) in [6, 6.07) is 7.93. The molecule has 1 aromatic carbocycles. The van der Waals surface area contributed by atoms with Gasteiger partial charge in [0.05, 0.1) is 20.8 Å². The Hall–Kier alpha value is -3.20. The van der Waals surface area contributed by atoms with Gasteiger partial charge in [-0.05, 0) is 31.4 Å². The van der Waals surface area contributed by atoms with Gasteiger partial charge in [-0.15, -0.1) is 0 Å². The Morgan fingerprint density at radius 1 is 1.10 bits per heavy atom. The molecule has 0 amide bonds. The van der Waals surface area contributed by atoms with Crippen molar-refractivity contribution in [2.75, 3.05) is 26.3 Å². The van der Waals surface area contributed by atoms with Crippen LogP contribution in [0.3, 0.4) is 0 Å². The van der Waals surface area contributed by atoms with Gasteiger partial charge in [0, 0.05) is 28.6 Å². The Morgan fingerprint density at radius 2 is 1.97 bits per heavy atom. The van der Waals surface area contributed by atoms with Gasteiger partial charge in [0.25, 0.3) is 0 Å². The van der Waals surface area contributed by atoms with E-state index in [4.69, 9.17) is 14.2 Å². The van der Waals surface area contributed by atoms with E-state index < -0.39 is 0 Å². The molecule has 3 rings (SSSR count). The van der Waals surface area contributed by atoms with E-state index in [1.165, 1.54) is 0 Å². The van der Waals surface area contributed by atoms with Crippen molar-refractivity contribution in [2.24, 2.45) is 5.10 Å². The molecule has 9 heteroatoms. The van der Waals surface area contributed by atoms with Crippen LogP contribution in [0.5, 0.6) is 17.5 Å². The number of hydrazone groups is 1. The smallest absolute Gasteiger partial charge is 0.321 e. The summed E-state index contributed by atoms with van der Waals surface area (Å²) in [5.74, 6) is 2.24. The SMILES string of the molecule is COc1cccc(CCOc2nc(NN=C(C)C)nc(-c3ccsc3)n2)c1OC. The van der Waals surface area contributed by atoms with E-state index in [9.17, 15) is 0 Å². The van der Waals surface area contributed by atoms with Crippen LogP contribution >= 0.6 is 11.3 Å². The third kappa shape index (κ3) is 5.41. The minimum atomic E-state index is 0.231. The molecule has 8 nitrogen and oxygen atoms in total. The Kier molecular flexibility index (Phi) is 6.96. The van der Waals surface area contributed by atoms with Crippen molar-refractivity contribution in [3.63, 3.8) is 0 Å². The fourth-order valence-corrected chi connectivity index (χ4v) is 3.19. The van der Waals surface area contributed by atoms with Crippen molar-refractivity contribution in [3.05, 3.63) is 40.6 Å². The van der Waals surface area contributed by atoms with Crippen molar-refractivity contribution in [3.8, 4) is 28.9 Å². The van der Waals surface area contributed by atoms with Gasteiger partial charge in [-0.1, -0.05) is 12.1 Å². The molecule has 29 heavy (non-hydrogen) atoms. The molecule has 0 atom stereocenters. The van der Waals surface area contributed by atoms with E-state index in [1.54, 1.807) is 25.6 Å². The molecule has 2 aromatic heterocycles. The summed E-state index contributed by atoms with van der Waals surface area (Å²) in [4.78, 5) is 13.1. The molecule has 0 aliphatic heterocycles. The van der Waals surface area contributed by atoms with Crippen LogP contribution in [-0.4, -0.2) is 41.5 Å². The number of para-hydroxylation sites is 1. The van der Waals surface area contributed by atoms with Crippen LogP contribution < -0.4 is 19.6 Å². The number of rotatable bonds is 9. The van der Waals surface area contributed by atoms with Gasteiger partial charge in [0.15, 0.2) is 17.3 Å². The summed E-state index contributed by atoms with van der Waals surface area (Å²) in [6.45, 7) is 4.13. The fourth-order valence-electron chi connectivity index (χ4n) is 2.56. The number of hydrogen-bond acceptors (Lipinski definition) is 9. The van der Waals surface area contributed by atoms with Crippen molar-refractivity contribution in [1.29, 1.82) is 0 Å². The summed E-state index contributed by atoms with van der Waals surface area (Å²) in [6.07, 6.45) is 0.606. The number of aromatic nitrogens is 3. The maximum Gasteiger partial charge on any atom is 0.321 e. The van der Waals surface area contributed by atoms with Gasteiger partial charge < -0.3 is 14.2 Å². The molecule has 0 unspecified atom stereocenters. The molecule has 0 saturated heterocycles. The van der Waals surface area contributed by atoms with Crippen molar-refractivity contribution < 1.29 is 14.2 Å². The van der Waals surface area contributed by atoms with Crippen molar-refractivity contribution in [2.45, 2.75) is 20.3 Å². The van der Waals surface area contributed by atoms with Gasteiger partial charge in [-0.25, -0.2) is 5.43 Å². The maximum absolute atomic E-state index is 5.83. The van der Waals surface area contributed by atoms with Gasteiger partial charge >= 0.3 is 6.01 Å². The van der Waals surface area contributed by atoms with E-state index in [1.807, 2.05) is 48.9 Å². The molecule has 0 aliphatic rings. The summed E-state index contributed by atoms with van der Waals surface area (Å²) in [7, 11) is 3.24. The second-order valence-corrected chi connectivity index (χ2v) is 6.98. The minimum absolute atomic E-state index is 0.231. The molecular weight excluding hydrogens is 390 g/mol. The second-order valence-electron chi connectivity index (χ2n) is 6.20. The normalized spacial score (nSPS) is 10.3. The number of methoxy groups -OCH3 is 2. The third-order valence-electron chi connectivity index (χ3n) is 3.86. The summed E-state index contributed by atoms with van der Waals surface area (Å²) in [5.41, 5.74) is 5.57. The number of benzene rings is 1. The topological polar surface area (TPSA) is 90.8 Å².